The molecule has 1 saturated carbocycles. The van der Waals surface area contributed by atoms with Crippen LogP contribution in [-0.4, -0.2) is 51.8 Å². The van der Waals surface area contributed by atoms with E-state index >= 15 is 0 Å². The molecule has 1 saturated heterocycles. The van der Waals surface area contributed by atoms with Gasteiger partial charge in [0.15, 0.2) is 0 Å². The van der Waals surface area contributed by atoms with E-state index in [1.54, 1.807) is 11.0 Å². The molecule has 1 amide bonds. The maximum atomic E-state index is 14.0. The highest BCUT2D eigenvalue weighted by molar-refractivity contribution is 7.18. The van der Waals surface area contributed by atoms with Crippen LogP contribution in [0.3, 0.4) is 0 Å². The summed E-state index contributed by atoms with van der Waals surface area (Å²) in [4.78, 5) is 33.3. The summed E-state index contributed by atoms with van der Waals surface area (Å²) >= 11 is 1.09. The first-order valence-electron chi connectivity index (χ1n) is 14.1. The van der Waals surface area contributed by atoms with Gasteiger partial charge in [0.1, 0.15) is 10.5 Å². The van der Waals surface area contributed by atoms with Crippen molar-refractivity contribution in [3.05, 3.63) is 65.8 Å². The van der Waals surface area contributed by atoms with Gasteiger partial charge in [0.05, 0.1) is 17.3 Å². The van der Waals surface area contributed by atoms with Gasteiger partial charge in [0, 0.05) is 48.0 Å². The highest BCUT2D eigenvalue weighted by Crippen LogP contribution is 2.43. The molecule has 7 nitrogen and oxygen atoms in total. The van der Waals surface area contributed by atoms with Crippen molar-refractivity contribution >= 4 is 34.5 Å². The van der Waals surface area contributed by atoms with Gasteiger partial charge < -0.3 is 19.1 Å². The number of thiophene rings is 1. The molecule has 0 atom stereocenters. The van der Waals surface area contributed by atoms with Crippen molar-refractivity contribution in [2.75, 3.05) is 18.1 Å². The van der Waals surface area contributed by atoms with Gasteiger partial charge in [-0.05, 0) is 62.3 Å². The van der Waals surface area contributed by atoms with Crippen molar-refractivity contribution in [1.82, 2.24) is 9.38 Å². The molecule has 42 heavy (non-hydrogen) atoms. The molecule has 1 N–H and O–H groups in total. The fraction of sp³-hybridized carbons (Fsp3) is 0.387. The molecule has 4 aromatic rings. The topological polar surface area (TPSA) is 84.1 Å². The van der Waals surface area contributed by atoms with Crippen LogP contribution in [0.15, 0.2) is 60.9 Å². The number of fused-ring (bicyclic) bond motifs is 1. The fourth-order valence-electron chi connectivity index (χ4n) is 6.04. The smallest absolute Gasteiger partial charge is 0.391 e. The largest absolute Gasteiger partial charge is 0.477 e. The van der Waals surface area contributed by atoms with Gasteiger partial charge in [0.25, 0.3) is 0 Å². The second-order valence-corrected chi connectivity index (χ2v) is 12.0. The van der Waals surface area contributed by atoms with Crippen LogP contribution < -0.4 is 4.90 Å². The zero-order valence-electron chi connectivity index (χ0n) is 22.7. The number of aromatic carboxylic acids is 1. The fourth-order valence-corrected chi connectivity index (χ4v) is 7.03. The van der Waals surface area contributed by atoms with Crippen LogP contribution in [0.4, 0.5) is 18.9 Å². The number of aromatic nitrogens is 2. The van der Waals surface area contributed by atoms with Gasteiger partial charge in [-0.1, -0.05) is 30.3 Å². The number of nitrogens with zero attached hydrogens (tertiary/aromatic N) is 3. The van der Waals surface area contributed by atoms with E-state index in [1.165, 1.54) is 0 Å². The number of hydrogen-bond acceptors (Lipinski definition) is 5. The van der Waals surface area contributed by atoms with Crippen molar-refractivity contribution in [3.63, 3.8) is 0 Å². The van der Waals surface area contributed by atoms with Gasteiger partial charge in [-0.25, -0.2) is 9.78 Å². The lowest BCUT2D eigenvalue weighted by Crippen LogP contribution is -2.47. The summed E-state index contributed by atoms with van der Waals surface area (Å²) in [6.45, 7) is 0.859. The molecular weight excluding hydrogens is 567 g/mol. The summed E-state index contributed by atoms with van der Waals surface area (Å²) in [5.41, 5.74) is 3.65. The Morgan fingerprint density at radius 3 is 2.31 bits per heavy atom. The summed E-state index contributed by atoms with van der Waals surface area (Å²) in [6, 6.07) is 14.9. The number of halogens is 3. The molecule has 1 aromatic carbocycles. The molecule has 2 fully saturated rings. The molecule has 3 aromatic heterocycles. The van der Waals surface area contributed by atoms with Crippen LogP contribution in [-0.2, 0) is 9.53 Å². The van der Waals surface area contributed by atoms with Gasteiger partial charge in [-0.15, -0.1) is 11.3 Å². The van der Waals surface area contributed by atoms with E-state index in [0.29, 0.717) is 36.6 Å². The Hall–Kier alpha value is -3.70. The molecule has 6 rings (SSSR count). The first kappa shape index (κ1) is 28.4. The quantitative estimate of drug-likeness (QED) is 0.252. The normalized spacial score (nSPS) is 20.1. The molecular formula is C31H30F3N3O4S. The first-order valence-corrected chi connectivity index (χ1v) is 14.9. The van der Waals surface area contributed by atoms with Crippen LogP contribution in [0.1, 0.15) is 48.2 Å². The molecule has 1 aliphatic heterocycles. The van der Waals surface area contributed by atoms with Crippen LogP contribution in [0.2, 0.25) is 0 Å². The summed E-state index contributed by atoms with van der Waals surface area (Å²) in [5, 5.41) is 10.2. The number of rotatable bonds is 6. The highest BCUT2D eigenvalue weighted by atomic mass is 32.1. The maximum absolute atomic E-state index is 14.0. The SMILES string of the molecule is O=C(O)c1sc(-c2ccc(-c3cn4ccccc4n3)cc2)cc1N(C(=O)C1CCC(C(F)(F)F)CC1)C1CCOCC1. The molecule has 0 unspecified atom stereocenters. The zero-order valence-corrected chi connectivity index (χ0v) is 23.5. The lowest BCUT2D eigenvalue weighted by Gasteiger charge is -2.38. The molecule has 220 valence electrons. The standard InChI is InChI=1S/C31H30F3N3O4S/c32-31(33,34)22-10-8-21(9-11-22)29(38)37(23-12-15-41-16-13-23)25-17-26(42-28(25)30(39)40)20-6-4-19(5-7-20)24-18-36-14-2-1-3-27(36)35-24/h1-7,14,17-18,21-23H,8-13,15-16H2,(H,39,40). The number of carboxylic acids is 1. The van der Waals surface area contributed by atoms with E-state index < -0.39 is 24.0 Å². The van der Waals surface area contributed by atoms with Crippen molar-refractivity contribution in [2.45, 2.75) is 50.7 Å². The molecule has 4 heterocycles. The van der Waals surface area contributed by atoms with E-state index in [2.05, 4.69) is 4.98 Å². The third kappa shape index (κ3) is 5.67. The Morgan fingerprint density at radius 2 is 1.67 bits per heavy atom. The summed E-state index contributed by atoms with van der Waals surface area (Å²) in [7, 11) is 0. The molecule has 0 spiro atoms. The third-order valence-corrected chi connectivity index (χ3v) is 9.49. The number of carbonyl (C=O) groups is 2. The molecule has 1 aliphatic carbocycles. The summed E-state index contributed by atoms with van der Waals surface area (Å²) < 4.78 is 47.3. The number of carbonyl (C=O) groups excluding carboxylic acids is 1. The lowest BCUT2D eigenvalue weighted by molar-refractivity contribution is -0.184. The number of hydrogen-bond donors (Lipinski definition) is 1. The molecule has 0 radical (unpaired) electrons. The molecule has 2 aliphatic rings. The number of anilines is 1. The van der Waals surface area contributed by atoms with E-state index in [0.717, 1.165) is 33.8 Å². The first-order chi connectivity index (χ1) is 20.2. The minimum atomic E-state index is -4.27. The molecule has 0 bridgehead atoms. The highest BCUT2D eigenvalue weighted by Gasteiger charge is 2.44. The zero-order chi connectivity index (χ0) is 29.4. The average molecular weight is 598 g/mol. The third-order valence-electron chi connectivity index (χ3n) is 8.33. The maximum Gasteiger partial charge on any atom is 0.391 e. The van der Waals surface area contributed by atoms with Crippen molar-refractivity contribution < 1.29 is 32.6 Å². The van der Waals surface area contributed by atoms with Crippen molar-refractivity contribution in [3.8, 4) is 21.7 Å². The van der Waals surface area contributed by atoms with E-state index in [9.17, 15) is 27.9 Å². The van der Waals surface area contributed by atoms with Gasteiger partial charge in [-0.2, -0.15) is 13.2 Å². The van der Waals surface area contributed by atoms with Crippen LogP contribution >= 0.6 is 11.3 Å². The lowest BCUT2D eigenvalue weighted by atomic mass is 9.80. The summed E-state index contributed by atoms with van der Waals surface area (Å²) in [6.07, 6.45) is 0.724. The van der Waals surface area contributed by atoms with E-state index in [4.69, 9.17) is 4.74 Å². The minimum Gasteiger partial charge on any atom is -0.477 e. The van der Waals surface area contributed by atoms with E-state index in [1.807, 2.05) is 59.3 Å². The predicted octanol–water partition coefficient (Wildman–Crippen LogP) is 7.31. The number of amides is 1. The Bertz CT molecular complexity index is 1550. The van der Waals surface area contributed by atoms with E-state index in [-0.39, 0.29) is 42.5 Å². The van der Waals surface area contributed by atoms with Crippen LogP contribution in [0.5, 0.6) is 0 Å². The number of pyridine rings is 1. The molecule has 11 heteroatoms. The van der Waals surface area contributed by atoms with Crippen molar-refractivity contribution in [1.29, 1.82) is 0 Å². The predicted molar refractivity (Wildman–Crippen MR) is 154 cm³/mol. The number of imidazole rings is 1. The Kier molecular flexibility index (Phi) is 7.80. The Morgan fingerprint density at radius 1 is 0.976 bits per heavy atom. The van der Waals surface area contributed by atoms with Crippen molar-refractivity contribution in [2.24, 2.45) is 11.8 Å². The van der Waals surface area contributed by atoms with Crippen LogP contribution in [0.25, 0.3) is 27.3 Å². The average Bonchev–Trinajstić information content (AvgIpc) is 3.63. The number of carboxylic acid groups (broad SMARTS) is 1. The second kappa shape index (κ2) is 11.5. The van der Waals surface area contributed by atoms with Gasteiger partial charge in [0.2, 0.25) is 5.91 Å². The van der Waals surface area contributed by atoms with Gasteiger partial charge in [-0.3, -0.25) is 4.79 Å². The monoisotopic (exact) mass is 597 g/mol. The minimum absolute atomic E-state index is 0.0400. The Balaban J connectivity index is 1.31. The second-order valence-electron chi connectivity index (χ2n) is 10.9. The van der Waals surface area contributed by atoms with Crippen LogP contribution in [0, 0.1) is 11.8 Å². The Labute approximate surface area is 244 Å². The van der Waals surface area contributed by atoms with Gasteiger partial charge >= 0.3 is 12.1 Å². The summed E-state index contributed by atoms with van der Waals surface area (Å²) in [5.74, 6) is -3.42. The number of benzene rings is 1. The number of alkyl halides is 3. The number of ether oxygens (including phenoxy) is 1.